The standard InChI is InChI=1S/C22H29N5O2/c1-6-26(7-2)19(20-9-8-12-29-20)14-23-22(28)21-17(5)24-27(25-21)18-11-10-15(3)13-16(18)4/h8-13,19H,6-7,14H2,1-5H3,(H,23,28). The molecule has 0 saturated heterocycles. The van der Waals surface area contributed by atoms with E-state index in [1.807, 2.05) is 38.1 Å². The van der Waals surface area contributed by atoms with Crippen molar-refractivity contribution in [1.29, 1.82) is 0 Å². The fraction of sp³-hybridized carbons (Fsp3) is 0.409. The summed E-state index contributed by atoms with van der Waals surface area (Å²) in [6.07, 6.45) is 1.66. The van der Waals surface area contributed by atoms with E-state index in [9.17, 15) is 4.79 Å². The third-order valence-corrected chi connectivity index (χ3v) is 5.15. The molecule has 1 aromatic carbocycles. The molecule has 3 aromatic rings. The van der Waals surface area contributed by atoms with Gasteiger partial charge in [0, 0.05) is 6.54 Å². The average molecular weight is 396 g/mol. The van der Waals surface area contributed by atoms with E-state index in [4.69, 9.17) is 4.42 Å². The number of rotatable bonds is 8. The van der Waals surface area contributed by atoms with Gasteiger partial charge in [-0.15, -0.1) is 5.10 Å². The zero-order valence-corrected chi connectivity index (χ0v) is 17.8. The first-order valence-corrected chi connectivity index (χ1v) is 10.0. The van der Waals surface area contributed by atoms with Gasteiger partial charge in [0.05, 0.1) is 23.7 Å². The first-order valence-electron chi connectivity index (χ1n) is 10.0. The van der Waals surface area contributed by atoms with Gasteiger partial charge in [0.15, 0.2) is 5.69 Å². The lowest BCUT2D eigenvalue weighted by Crippen LogP contribution is -2.38. The zero-order valence-electron chi connectivity index (χ0n) is 17.8. The van der Waals surface area contributed by atoms with Crippen LogP contribution in [0.5, 0.6) is 0 Å². The molecule has 7 heteroatoms. The van der Waals surface area contributed by atoms with Gasteiger partial charge in [0.2, 0.25) is 0 Å². The quantitative estimate of drug-likeness (QED) is 0.631. The predicted octanol–water partition coefficient (Wildman–Crippen LogP) is 3.60. The Kier molecular flexibility index (Phi) is 6.49. The molecule has 1 amide bonds. The van der Waals surface area contributed by atoms with Gasteiger partial charge in [0.25, 0.3) is 5.91 Å². The molecule has 0 bridgehead atoms. The Bertz CT molecular complexity index is 958. The van der Waals surface area contributed by atoms with E-state index in [1.54, 1.807) is 13.2 Å². The highest BCUT2D eigenvalue weighted by molar-refractivity contribution is 5.93. The Morgan fingerprint density at radius 3 is 2.55 bits per heavy atom. The number of carbonyl (C=O) groups excluding carboxylic acids is 1. The number of hydrogen-bond acceptors (Lipinski definition) is 5. The summed E-state index contributed by atoms with van der Waals surface area (Å²) < 4.78 is 5.60. The van der Waals surface area contributed by atoms with Crippen LogP contribution in [0.3, 0.4) is 0 Å². The molecule has 29 heavy (non-hydrogen) atoms. The van der Waals surface area contributed by atoms with Crippen molar-refractivity contribution in [2.75, 3.05) is 19.6 Å². The van der Waals surface area contributed by atoms with E-state index < -0.39 is 0 Å². The normalized spacial score (nSPS) is 12.3. The maximum Gasteiger partial charge on any atom is 0.273 e. The maximum atomic E-state index is 12.8. The fourth-order valence-corrected chi connectivity index (χ4v) is 3.55. The van der Waals surface area contributed by atoms with Gasteiger partial charge in [-0.25, -0.2) is 0 Å². The molecule has 1 unspecified atom stereocenters. The molecule has 0 saturated carbocycles. The number of hydrogen-bond donors (Lipinski definition) is 1. The smallest absolute Gasteiger partial charge is 0.273 e. The molecule has 7 nitrogen and oxygen atoms in total. The molecular formula is C22H29N5O2. The van der Waals surface area contributed by atoms with Crippen LogP contribution in [0.2, 0.25) is 0 Å². The number of nitrogens with zero attached hydrogens (tertiary/aromatic N) is 4. The highest BCUT2D eigenvalue weighted by Gasteiger charge is 2.23. The molecular weight excluding hydrogens is 366 g/mol. The van der Waals surface area contributed by atoms with E-state index in [0.29, 0.717) is 17.9 Å². The van der Waals surface area contributed by atoms with Crippen LogP contribution in [0.15, 0.2) is 41.0 Å². The first kappa shape index (κ1) is 20.8. The second-order valence-corrected chi connectivity index (χ2v) is 7.18. The summed E-state index contributed by atoms with van der Waals surface area (Å²) >= 11 is 0. The fourth-order valence-electron chi connectivity index (χ4n) is 3.55. The third-order valence-electron chi connectivity index (χ3n) is 5.15. The van der Waals surface area contributed by atoms with Gasteiger partial charge in [-0.05, 0) is 57.6 Å². The van der Waals surface area contributed by atoms with E-state index in [-0.39, 0.29) is 11.9 Å². The predicted molar refractivity (Wildman–Crippen MR) is 112 cm³/mol. The summed E-state index contributed by atoms with van der Waals surface area (Å²) in [5.41, 5.74) is 4.04. The van der Waals surface area contributed by atoms with Crippen molar-refractivity contribution < 1.29 is 9.21 Å². The largest absolute Gasteiger partial charge is 0.468 e. The molecule has 2 heterocycles. The third kappa shape index (κ3) is 4.56. The number of nitrogens with one attached hydrogen (secondary N) is 1. The highest BCUT2D eigenvalue weighted by atomic mass is 16.3. The minimum Gasteiger partial charge on any atom is -0.468 e. The van der Waals surface area contributed by atoms with Crippen LogP contribution in [-0.2, 0) is 0 Å². The monoisotopic (exact) mass is 395 g/mol. The number of aromatic nitrogens is 3. The number of benzene rings is 1. The Morgan fingerprint density at radius 2 is 1.93 bits per heavy atom. The van der Waals surface area contributed by atoms with Crippen molar-refractivity contribution in [3.63, 3.8) is 0 Å². The van der Waals surface area contributed by atoms with Crippen molar-refractivity contribution in [3.8, 4) is 5.69 Å². The van der Waals surface area contributed by atoms with Gasteiger partial charge in [0.1, 0.15) is 5.76 Å². The van der Waals surface area contributed by atoms with Crippen LogP contribution < -0.4 is 5.32 Å². The molecule has 0 aliphatic carbocycles. The van der Waals surface area contributed by atoms with Gasteiger partial charge in [-0.1, -0.05) is 31.5 Å². The van der Waals surface area contributed by atoms with Crippen LogP contribution in [-0.4, -0.2) is 45.4 Å². The molecule has 1 N–H and O–H groups in total. The lowest BCUT2D eigenvalue weighted by molar-refractivity contribution is 0.0923. The Hall–Kier alpha value is -2.93. The summed E-state index contributed by atoms with van der Waals surface area (Å²) in [5.74, 6) is 0.604. The minimum absolute atomic E-state index is 0.0290. The van der Waals surface area contributed by atoms with Crippen LogP contribution in [0.25, 0.3) is 5.69 Å². The Morgan fingerprint density at radius 1 is 1.17 bits per heavy atom. The van der Waals surface area contributed by atoms with Crippen molar-refractivity contribution in [3.05, 3.63) is 64.9 Å². The number of aryl methyl sites for hydroxylation is 3. The molecule has 0 radical (unpaired) electrons. The van der Waals surface area contributed by atoms with E-state index in [1.165, 1.54) is 10.4 Å². The Labute approximate surface area is 171 Å². The summed E-state index contributed by atoms with van der Waals surface area (Å²) in [5, 5.41) is 11.9. The number of amides is 1. The van der Waals surface area contributed by atoms with Gasteiger partial charge >= 0.3 is 0 Å². The molecule has 2 aromatic heterocycles. The van der Waals surface area contributed by atoms with Crippen LogP contribution in [0.4, 0.5) is 0 Å². The molecule has 0 fully saturated rings. The Balaban J connectivity index is 1.77. The van der Waals surface area contributed by atoms with Crippen LogP contribution >= 0.6 is 0 Å². The maximum absolute atomic E-state index is 12.8. The second kappa shape index (κ2) is 9.05. The van der Waals surface area contributed by atoms with Crippen LogP contribution in [0, 0.1) is 20.8 Å². The second-order valence-electron chi connectivity index (χ2n) is 7.18. The van der Waals surface area contributed by atoms with E-state index in [2.05, 4.69) is 40.3 Å². The lowest BCUT2D eigenvalue weighted by Gasteiger charge is -2.28. The topological polar surface area (TPSA) is 76.2 Å². The summed E-state index contributed by atoms with van der Waals surface area (Å²) in [4.78, 5) is 16.6. The molecule has 154 valence electrons. The van der Waals surface area contributed by atoms with E-state index in [0.717, 1.165) is 30.1 Å². The molecule has 0 spiro atoms. The minimum atomic E-state index is -0.234. The van der Waals surface area contributed by atoms with Crippen LogP contribution in [0.1, 0.15) is 53.0 Å². The zero-order chi connectivity index (χ0) is 21.0. The van der Waals surface area contributed by atoms with Crippen molar-refractivity contribution >= 4 is 5.91 Å². The number of carbonyl (C=O) groups is 1. The van der Waals surface area contributed by atoms with Crippen molar-refractivity contribution in [1.82, 2.24) is 25.2 Å². The van der Waals surface area contributed by atoms with Gasteiger partial charge in [-0.2, -0.15) is 9.90 Å². The van der Waals surface area contributed by atoms with Gasteiger partial charge in [-0.3, -0.25) is 9.69 Å². The average Bonchev–Trinajstić information content (AvgIpc) is 3.35. The SMILES string of the molecule is CCN(CC)C(CNC(=O)c1nn(-c2ccc(C)cc2C)nc1C)c1ccco1. The molecule has 0 aliphatic rings. The van der Waals surface area contributed by atoms with Crippen molar-refractivity contribution in [2.24, 2.45) is 0 Å². The highest BCUT2D eigenvalue weighted by Crippen LogP contribution is 2.20. The number of likely N-dealkylation sites (N-methyl/N-ethyl adjacent to an activating group) is 1. The molecule has 1 atom stereocenters. The lowest BCUT2D eigenvalue weighted by atomic mass is 10.1. The summed E-state index contributed by atoms with van der Waals surface area (Å²) in [7, 11) is 0. The summed E-state index contributed by atoms with van der Waals surface area (Å²) in [6, 6.07) is 9.84. The van der Waals surface area contributed by atoms with Crippen molar-refractivity contribution in [2.45, 2.75) is 40.7 Å². The van der Waals surface area contributed by atoms with Gasteiger partial charge < -0.3 is 9.73 Å². The summed E-state index contributed by atoms with van der Waals surface area (Å²) in [6.45, 7) is 12.2. The van der Waals surface area contributed by atoms with E-state index >= 15 is 0 Å². The first-order chi connectivity index (χ1) is 13.9. The molecule has 0 aliphatic heterocycles. The molecule has 3 rings (SSSR count). The number of furan rings is 1.